The van der Waals surface area contributed by atoms with E-state index < -0.39 is 0 Å². The van der Waals surface area contributed by atoms with Gasteiger partial charge in [-0.05, 0) is 37.2 Å². The number of carbonyl (C=O) groups is 1. The summed E-state index contributed by atoms with van der Waals surface area (Å²) in [4.78, 5) is 19.3. The van der Waals surface area contributed by atoms with Gasteiger partial charge >= 0.3 is 0 Å². The molecule has 27 heavy (non-hydrogen) atoms. The first-order valence-electron chi connectivity index (χ1n) is 9.06. The maximum atomic E-state index is 12.8. The molecule has 1 aromatic heterocycles. The van der Waals surface area contributed by atoms with E-state index >= 15 is 0 Å². The average Bonchev–Trinajstić information content (AvgIpc) is 3.11. The Balaban J connectivity index is 0.00000182. The molecule has 1 aliphatic heterocycles. The van der Waals surface area contributed by atoms with Crippen LogP contribution in [0.1, 0.15) is 55.6 Å². The van der Waals surface area contributed by atoms with Crippen LogP contribution < -0.4 is 5.73 Å². The molecule has 2 aromatic rings. The Kier molecular flexibility index (Phi) is 9.22. The third-order valence-electron chi connectivity index (χ3n) is 5.04. The van der Waals surface area contributed by atoms with Gasteiger partial charge in [0.1, 0.15) is 10.7 Å². The number of halogens is 2. The summed E-state index contributed by atoms with van der Waals surface area (Å²) in [5.74, 6) is 0.936. The van der Waals surface area contributed by atoms with Crippen LogP contribution in [0.4, 0.5) is 0 Å². The first-order valence-corrected chi connectivity index (χ1v) is 9.94. The summed E-state index contributed by atoms with van der Waals surface area (Å²) in [7, 11) is 0. The van der Waals surface area contributed by atoms with Crippen molar-refractivity contribution in [3.8, 4) is 10.6 Å². The number of thiazole rings is 1. The zero-order valence-corrected chi connectivity index (χ0v) is 18.5. The molecule has 1 amide bonds. The molecule has 2 atom stereocenters. The molecule has 1 aliphatic rings. The lowest BCUT2D eigenvalue weighted by Crippen LogP contribution is -2.45. The Bertz CT molecular complexity index is 731. The van der Waals surface area contributed by atoms with Gasteiger partial charge in [-0.15, -0.1) is 36.2 Å². The summed E-state index contributed by atoms with van der Waals surface area (Å²) < 4.78 is 0. The van der Waals surface area contributed by atoms with Gasteiger partial charge in [0.15, 0.2) is 0 Å². The third kappa shape index (κ3) is 5.67. The fraction of sp³-hybridized carbons (Fsp3) is 0.500. The molecule has 1 fully saturated rings. The van der Waals surface area contributed by atoms with E-state index in [1.165, 1.54) is 16.9 Å². The van der Waals surface area contributed by atoms with Gasteiger partial charge in [0.25, 0.3) is 5.91 Å². The van der Waals surface area contributed by atoms with Gasteiger partial charge in [-0.3, -0.25) is 4.79 Å². The minimum absolute atomic E-state index is 0. The highest BCUT2D eigenvalue weighted by atomic mass is 35.5. The van der Waals surface area contributed by atoms with E-state index in [0.717, 1.165) is 36.5 Å². The predicted molar refractivity (Wildman–Crippen MR) is 118 cm³/mol. The van der Waals surface area contributed by atoms with E-state index in [2.05, 4.69) is 43.1 Å². The minimum atomic E-state index is 0. The number of nitrogens with two attached hydrogens (primary N) is 1. The molecule has 3 rings (SSSR count). The number of amides is 1. The lowest BCUT2D eigenvalue weighted by atomic mass is 9.92. The molecular formula is C20H29Cl2N3OS. The van der Waals surface area contributed by atoms with E-state index in [-0.39, 0.29) is 36.8 Å². The SMILES string of the molecule is CC(C)c1ccc(-c2nc(C(=O)N3CCCC(C(C)N)C3)cs2)cc1.Cl.Cl. The van der Waals surface area contributed by atoms with Crippen LogP contribution >= 0.6 is 36.2 Å². The Morgan fingerprint density at radius 3 is 2.48 bits per heavy atom. The standard InChI is InChI=1S/C20H27N3OS.2ClH/c1-13(2)15-6-8-16(9-7-15)19-22-18(12-25-19)20(24)23-10-4-5-17(11-23)14(3)21;;/h6-9,12-14,17H,4-5,10-11,21H2,1-3H3;2*1H. The largest absolute Gasteiger partial charge is 0.337 e. The quantitative estimate of drug-likeness (QED) is 0.745. The summed E-state index contributed by atoms with van der Waals surface area (Å²) >= 11 is 1.53. The van der Waals surface area contributed by atoms with Crippen molar-refractivity contribution in [3.63, 3.8) is 0 Å². The smallest absolute Gasteiger partial charge is 0.273 e. The van der Waals surface area contributed by atoms with E-state index in [9.17, 15) is 4.79 Å². The molecule has 0 saturated carbocycles. The van der Waals surface area contributed by atoms with E-state index in [1.807, 2.05) is 17.2 Å². The van der Waals surface area contributed by atoms with Crippen molar-refractivity contribution in [1.29, 1.82) is 0 Å². The molecule has 2 unspecified atom stereocenters. The van der Waals surface area contributed by atoms with Crippen molar-refractivity contribution in [3.05, 3.63) is 40.9 Å². The third-order valence-corrected chi connectivity index (χ3v) is 5.93. The molecule has 0 bridgehead atoms. The molecule has 4 nitrogen and oxygen atoms in total. The Morgan fingerprint density at radius 2 is 1.89 bits per heavy atom. The summed E-state index contributed by atoms with van der Waals surface area (Å²) in [5, 5.41) is 2.78. The second-order valence-electron chi connectivity index (χ2n) is 7.33. The van der Waals surface area contributed by atoms with Gasteiger partial charge in [-0.2, -0.15) is 0 Å². The fourth-order valence-corrected chi connectivity index (χ4v) is 4.10. The van der Waals surface area contributed by atoms with Crippen LogP contribution in [0.5, 0.6) is 0 Å². The Morgan fingerprint density at radius 1 is 1.22 bits per heavy atom. The lowest BCUT2D eigenvalue weighted by Gasteiger charge is -2.34. The minimum Gasteiger partial charge on any atom is -0.337 e. The normalized spacial score (nSPS) is 17.8. The van der Waals surface area contributed by atoms with Crippen LogP contribution in [0.15, 0.2) is 29.6 Å². The summed E-state index contributed by atoms with van der Waals surface area (Å²) in [5.41, 5.74) is 8.97. The first kappa shape index (κ1) is 23.9. The zero-order chi connectivity index (χ0) is 18.0. The van der Waals surface area contributed by atoms with Crippen LogP contribution in [0.2, 0.25) is 0 Å². The molecule has 0 spiro atoms. The van der Waals surface area contributed by atoms with E-state index in [4.69, 9.17) is 5.73 Å². The number of benzene rings is 1. The van der Waals surface area contributed by atoms with Gasteiger partial charge in [-0.25, -0.2) is 4.98 Å². The first-order chi connectivity index (χ1) is 12.0. The van der Waals surface area contributed by atoms with Crippen LogP contribution in [-0.2, 0) is 0 Å². The van der Waals surface area contributed by atoms with E-state index in [1.54, 1.807) is 0 Å². The summed E-state index contributed by atoms with van der Waals surface area (Å²) in [6, 6.07) is 8.59. The molecule has 0 radical (unpaired) electrons. The number of aromatic nitrogens is 1. The van der Waals surface area contributed by atoms with Crippen molar-refractivity contribution < 1.29 is 4.79 Å². The number of piperidine rings is 1. The highest BCUT2D eigenvalue weighted by molar-refractivity contribution is 7.13. The van der Waals surface area contributed by atoms with Gasteiger partial charge in [0.05, 0.1) is 0 Å². The van der Waals surface area contributed by atoms with Crippen molar-refractivity contribution in [2.24, 2.45) is 11.7 Å². The van der Waals surface area contributed by atoms with Crippen LogP contribution in [0, 0.1) is 5.92 Å². The zero-order valence-electron chi connectivity index (χ0n) is 16.1. The monoisotopic (exact) mass is 429 g/mol. The number of rotatable bonds is 4. The van der Waals surface area contributed by atoms with Gasteiger partial charge < -0.3 is 10.6 Å². The molecule has 2 heterocycles. The molecule has 2 N–H and O–H groups in total. The second kappa shape index (κ2) is 10.4. The van der Waals surface area contributed by atoms with Crippen LogP contribution in [0.25, 0.3) is 10.6 Å². The van der Waals surface area contributed by atoms with Gasteiger partial charge in [-0.1, -0.05) is 38.1 Å². The molecule has 1 aromatic carbocycles. The number of carbonyl (C=O) groups excluding carboxylic acids is 1. The number of likely N-dealkylation sites (tertiary alicyclic amines) is 1. The molecule has 1 saturated heterocycles. The van der Waals surface area contributed by atoms with Crippen molar-refractivity contribution in [1.82, 2.24) is 9.88 Å². The highest BCUT2D eigenvalue weighted by Gasteiger charge is 2.27. The van der Waals surface area contributed by atoms with Crippen molar-refractivity contribution in [2.45, 2.75) is 45.6 Å². The predicted octanol–water partition coefficient (Wildman–Crippen LogP) is 4.98. The van der Waals surface area contributed by atoms with Crippen molar-refractivity contribution in [2.75, 3.05) is 13.1 Å². The van der Waals surface area contributed by atoms with Crippen molar-refractivity contribution >= 4 is 42.1 Å². The summed E-state index contributed by atoms with van der Waals surface area (Å²) in [6.45, 7) is 7.94. The van der Waals surface area contributed by atoms with Crippen LogP contribution in [-0.4, -0.2) is 34.9 Å². The molecular weight excluding hydrogens is 401 g/mol. The topological polar surface area (TPSA) is 59.2 Å². The Labute approximate surface area is 178 Å². The second-order valence-corrected chi connectivity index (χ2v) is 8.19. The van der Waals surface area contributed by atoms with Gasteiger partial charge in [0.2, 0.25) is 0 Å². The maximum Gasteiger partial charge on any atom is 0.273 e. The fourth-order valence-electron chi connectivity index (χ4n) is 3.30. The maximum absolute atomic E-state index is 12.8. The summed E-state index contributed by atoms with van der Waals surface area (Å²) in [6.07, 6.45) is 2.12. The highest BCUT2D eigenvalue weighted by Crippen LogP contribution is 2.27. The molecule has 7 heteroatoms. The number of hydrogen-bond donors (Lipinski definition) is 1. The molecule has 150 valence electrons. The Hall–Kier alpha value is -1.14. The number of nitrogens with zero attached hydrogens (tertiary/aromatic N) is 2. The average molecular weight is 430 g/mol. The molecule has 0 aliphatic carbocycles. The van der Waals surface area contributed by atoms with Gasteiger partial charge in [0, 0.05) is 30.1 Å². The number of hydrogen-bond acceptors (Lipinski definition) is 4. The lowest BCUT2D eigenvalue weighted by molar-refractivity contribution is 0.0656. The van der Waals surface area contributed by atoms with E-state index in [0.29, 0.717) is 17.5 Å². The van der Waals surface area contributed by atoms with Crippen LogP contribution in [0.3, 0.4) is 0 Å².